The van der Waals surface area contributed by atoms with E-state index in [9.17, 15) is 9.59 Å². The molecular formula is C25H26ClN3O4. The molecule has 2 aliphatic heterocycles. The van der Waals surface area contributed by atoms with Crippen LogP contribution < -0.4 is 15.2 Å². The Morgan fingerprint density at radius 2 is 1.73 bits per heavy atom. The van der Waals surface area contributed by atoms with Crippen molar-refractivity contribution >= 4 is 17.4 Å². The number of nitrogens with zero attached hydrogens (tertiary/aromatic N) is 3. The van der Waals surface area contributed by atoms with Crippen molar-refractivity contribution in [1.82, 2.24) is 14.0 Å². The van der Waals surface area contributed by atoms with E-state index in [2.05, 4.69) is 4.90 Å². The number of benzene rings is 2. The average Bonchev–Trinajstić information content (AvgIpc) is 3.12. The highest BCUT2D eigenvalue weighted by Gasteiger charge is 2.27. The zero-order valence-electron chi connectivity index (χ0n) is 18.5. The van der Waals surface area contributed by atoms with Crippen molar-refractivity contribution in [2.24, 2.45) is 5.92 Å². The molecule has 0 unspecified atom stereocenters. The highest BCUT2D eigenvalue weighted by Crippen LogP contribution is 2.32. The SMILES string of the molecule is Cc1cn(CN2CCC(C(=O)c3ccc4c(c3)OCCO4)CC2)c(=O)n1-c1ccc(Cl)cc1. The molecule has 7 nitrogen and oxygen atoms in total. The molecule has 2 aromatic carbocycles. The van der Waals surface area contributed by atoms with Crippen molar-refractivity contribution < 1.29 is 14.3 Å². The first-order chi connectivity index (χ1) is 16.0. The number of likely N-dealkylation sites (tertiary alicyclic amines) is 1. The summed E-state index contributed by atoms with van der Waals surface area (Å²) >= 11 is 5.98. The minimum absolute atomic E-state index is 0.0269. The van der Waals surface area contributed by atoms with Crippen molar-refractivity contribution in [2.75, 3.05) is 26.3 Å². The first kappa shape index (κ1) is 21.8. The van der Waals surface area contributed by atoms with Gasteiger partial charge in [0.15, 0.2) is 17.3 Å². The van der Waals surface area contributed by atoms with Crippen LogP contribution in [0, 0.1) is 12.8 Å². The van der Waals surface area contributed by atoms with E-state index in [1.165, 1.54) is 0 Å². The standard InChI is InChI=1S/C25H26ClN3O4/c1-17-15-28(25(31)29(17)21-5-3-20(26)4-6-21)16-27-10-8-18(9-11-27)24(30)19-2-7-22-23(14-19)33-13-12-32-22/h2-7,14-15,18H,8-13,16H2,1H3. The Labute approximate surface area is 197 Å². The molecule has 172 valence electrons. The molecule has 3 aromatic rings. The zero-order valence-corrected chi connectivity index (χ0v) is 19.3. The lowest BCUT2D eigenvalue weighted by molar-refractivity contribution is 0.0808. The van der Waals surface area contributed by atoms with Crippen LogP contribution in [0.3, 0.4) is 0 Å². The molecule has 0 spiro atoms. The number of halogens is 1. The Hall–Kier alpha value is -3.03. The number of ether oxygens (including phenoxy) is 2. The zero-order chi connectivity index (χ0) is 22.9. The third-order valence-electron chi connectivity index (χ3n) is 6.35. The molecule has 0 N–H and O–H groups in total. The predicted octanol–water partition coefficient (Wildman–Crippen LogP) is 3.92. The van der Waals surface area contributed by atoms with Crippen molar-refractivity contribution in [2.45, 2.75) is 26.4 Å². The predicted molar refractivity (Wildman–Crippen MR) is 126 cm³/mol. The number of imidazole rings is 1. The van der Waals surface area contributed by atoms with Gasteiger partial charge in [-0.1, -0.05) is 11.6 Å². The van der Waals surface area contributed by atoms with Gasteiger partial charge in [-0.05, 0) is 62.2 Å². The quantitative estimate of drug-likeness (QED) is 0.532. The molecule has 0 amide bonds. The molecule has 3 heterocycles. The minimum Gasteiger partial charge on any atom is -0.486 e. The number of Topliss-reactive ketones (excluding diaryl/α,β-unsaturated/α-hetero) is 1. The number of piperidine rings is 1. The highest BCUT2D eigenvalue weighted by molar-refractivity contribution is 6.30. The van der Waals surface area contributed by atoms with Gasteiger partial charge in [0.05, 0.1) is 12.4 Å². The molecular weight excluding hydrogens is 442 g/mol. The summed E-state index contributed by atoms with van der Waals surface area (Å²) < 4.78 is 14.6. The molecule has 8 heteroatoms. The van der Waals surface area contributed by atoms with E-state index in [4.69, 9.17) is 21.1 Å². The molecule has 5 rings (SSSR count). The lowest BCUT2D eigenvalue weighted by Crippen LogP contribution is -2.39. The van der Waals surface area contributed by atoms with Crippen LogP contribution in [0.15, 0.2) is 53.5 Å². The van der Waals surface area contributed by atoms with Crippen LogP contribution in [0.5, 0.6) is 11.5 Å². The van der Waals surface area contributed by atoms with Crippen LogP contribution in [0.1, 0.15) is 28.9 Å². The number of aryl methyl sites for hydroxylation is 1. The summed E-state index contributed by atoms with van der Waals surface area (Å²) in [6.45, 7) is 4.99. The summed E-state index contributed by atoms with van der Waals surface area (Å²) in [7, 11) is 0. The van der Waals surface area contributed by atoms with Gasteiger partial charge in [0, 0.05) is 41.5 Å². The van der Waals surface area contributed by atoms with E-state index in [1.54, 1.807) is 27.3 Å². The molecule has 1 fully saturated rings. The van der Waals surface area contributed by atoms with Gasteiger partial charge in [0.1, 0.15) is 13.2 Å². The van der Waals surface area contributed by atoms with Crippen LogP contribution >= 0.6 is 11.6 Å². The molecule has 2 aliphatic rings. The number of rotatable bonds is 5. The Bertz CT molecular complexity index is 1220. The number of ketones is 1. The summed E-state index contributed by atoms with van der Waals surface area (Å²) in [5.41, 5.74) is 2.25. The molecule has 0 bridgehead atoms. The maximum atomic E-state index is 13.1. The van der Waals surface area contributed by atoms with Gasteiger partial charge in [-0.25, -0.2) is 4.79 Å². The van der Waals surface area contributed by atoms with Gasteiger partial charge < -0.3 is 9.47 Å². The van der Waals surface area contributed by atoms with Crippen LogP contribution in [0.25, 0.3) is 5.69 Å². The van der Waals surface area contributed by atoms with Crippen molar-refractivity contribution in [1.29, 1.82) is 0 Å². The number of aromatic nitrogens is 2. The minimum atomic E-state index is -0.0794. The number of fused-ring (bicyclic) bond motifs is 1. The van der Waals surface area contributed by atoms with E-state index in [0.717, 1.165) is 37.3 Å². The first-order valence-electron chi connectivity index (χ1n) is 11.2. The maximum absolute atomic E-state index is 13.1. The number of hydrogen-bond acceptors (Lipinski definition) is 5. The summed E-state index contributed by atoms with van der Waals surface area (Å²) in [5.74, 6) is 1.46. The second kappa shape index (κ2) is 9.08. The monoisotopic (exact) mass is 467 g/mol. The Morgan fingerprint density at radius 1 is 1.03 bits per heavy atom. The molecule has 0 atom stereocenters. The maximum Gasteiger partial charge on any atom is 0.334 e. The Morgan fingerprint density at radius 3 is 2.45 bits per heavy atom. The van der Waals surface area contributed by atoms with E-state index in [-0.39, 0.29) is 17.4 Å². The molecule has 33 heavy (non-hydrogen) atoms. The number of hydrogen-bond donors (Lipinski definition) is 0. The third-order valence-corrected chi connectivity index (χ3v) is 6.61. The van der Waals surface area contributed by atoms with E-state index in [0.29, 0.717) is 42.0 Å². The van der Waals surface area contributed by atoms with E-state index < -0.39 is 0 Å². The van der Waals surface area contributed by atoms with Crippen LogP contribution in [0.4, 0.5) is 0 Å². The fraction of sp³-hybridized carbons (Fsp3) is 0.360. The second-order valence-electron chi connectivity index (χ2n) is 8.59. The van der Waals surface area contributed by atoms with Crippen molar-refractivity contribution in [3.05, 3.63) is 75.4 Å². The van der Waals surface area contributed by atoms with Crippen molar-refractivity contribution in [3.63, 3.8) is 0 Å². The van der Waals surface area contributed by atoms with Crippen LogP contribution in [-0.2, 0) is 6.67 Å². The van der Waals surface area contributed by atoms with Gasteiger partial charge in [-0.15, -0.1) is 0 Å². The Balaban J connectivity index is 1.23. The first-order valence-corrected chi connectivity index (χ1v) is 11.6. The smallest absolute Gasteiger partial charge is 0.334 e. The summed E-state index contributed by atoms with van der Waals surface area (Å²) in [5, 5.41) is 0.637. The van der Waals surface area contributed by atoms with Gasteiger partial charge >= 0.3 is 5.69 Å². The third kappa shape index (κ3) is 4.43. The topological polar surface area (TPSA) is 65.7 Å². The van der Waals surface area contributed by atoms with E-state index in [1.807, 2.05) is 37.4 Å². The number of carbonyl (C=O) groups is 1. The van der Waals surface area contributed by atoms with Crippen LogP contribution in [-0.4, -0.2) is 46.1 Å². The molecule has 1 saturated heterocycles. The highest BCUT2D eigenvalue weighted by atomic mass is 35.5. The average molecular weight is 468 g/mol. The summed E-state index contributed by atoms with van der Waals surface area (Å²) in [6.07, 6.45) is 3.40. The summed E-state index contributed by atoms with van der Waals surface area (Å²) in [6, 6.07) is 12.7. The fourth-order valence-electron chi connectivity index (χ4n) is 4.61. The second-order valence-corrected chi connectivity index (χ2v) is 9.03. The normalized spacial score (nSPS) is 16.7. The molecule has 0 radical (unpaired) electrons. The molecule has 1 aromatic heterocycles. The largest absolute Gasteiger partial charge is 0.486 e. The van der Waals surface area contributed by atoms with Crippen molar-refractivity contribution in [3.8, 4) is 17.2 Å². The van der Waals surface area contributed by atoms with Gasteiger partial charge in [0.25, 0.3) is 0 Å². The lowest BCUT2D eigenvalue weighted by Gasteiger charge is -2.31. The molecule has 0 saturated carbocycles. The Kier molecular flexibility index (Phi) is 6.00. The molecule has 0 aliphatic carbocycles. The van der Waals surface area contributed by atoms with Crippen LogP contribution in [0.2, 0.25) is 5.02 Å². The van der Waals surface area contributed by atoms with Gasteiger partial charge in [0.2, 0.25) is 0 Å². The van der Waals surface area contributed by atoms with Gasteiger partial charge in [-0.3, -0.25) is 18.8 Å². The lowest BCUT2D eigenvalue weighted by atomic mass is 9.89. The fourth-order valence-corrected chi connectivity index (χ4v) is 4.73. The number of carbonyl (C=O) groups excluding carboxylic acids is 1. The van der Waals surface area contributed by atoms with E-state index >= 15 is 0 Å². The summed E-state index contributed by atoms with van der Waals surface area (Å²) in [4.78, 5) is 28.3. The van der Waals surface area contributed by atoms with Gasteiger partial charge in [-0.2, -0.15) is 0 Å².